The first kappa shape index (κ1) is 19.9. The molecule has 1 aromatic heterocycles. The molecule has 0 radical (unpaired) electrons. The van der Waals surface area contributed by atoms with Gasteiger partial charge in [0.25, 0.3) is 0 Å². The summed E-state index contributed by atoms with van der Waals surface area (Å²) in [4.78, 5) is 29.3. The Morgan fingerprint density at radius 1 is 1.11 bits per heavy atom. The summed E-state index contributed by atoms with van der Waals surface area (Å²) in [5.74, 6) is 0.617. The maximum atomic E-state index is 12.5. The zero-order chi connectivity index (χ0) is 19.4. The van der Waals surface area contributed by atoms with Crippen molar-refractivity contribution in [1.29, 1.82) is 0 Å². The van der Waals surface area contributed by atoms with Gasteiger partial charge in [0, 0.05) is 50.5 Å². The smallest absolute Gasteiger partial charge is 0.227 e. The fraction of sp³-hybridized carbons (Fsp3) is 0.714. The summed E-state index contributed by atoms with van der Waals surface area (Å²) in [6.45, 7) is 7.73. The summed E-state index contributed by atoms with van der Waals surface area (Å²) in [6, 6.07) is 2.79. The first-order valence-electron chi connectivity index (χ1n) is 10.4. The third kappa shape index (κ3) is 5.34. The van der Waals surface area contributed by atoms with Crippen LogP contribution in [-0.2, 0) is 23.1 Å². The van der Waals surface area contributed by atoms with Crippen LogP contribution >= 0.6 is 0 Å². The number of carbonyl (C=O) groups excluding carboxylic acids is 2. The summed E-state index contributed by atoms with van der Waals surface area (Å²) >= 11 is 0. The molecule has 0 aromatic carbocycles. The molecule has 0 unspecified atom stereocenters. The van der Waals surface area contributed by atoms with Crippen molar-refractivity contribution in [2.24, 2.45) is 13.0 Å². The van der Waals surface area contributed by atoms with Crippen LogP contribution in [0.1, 0.15) is 45.1 Å². The number of nitrogens with zero attached hydrogens (tertiary/aromatic N) is 3. The van der Waals surface area contributed by atoms with E-state index < -0.39 is 0 Å². The number of piperidine rings is 2. The summed E-state index contributed by atoms with van der Waals surface area (Å²) in [7, 11) is 1.98. The van der Waals surface area contributed by atoms with Crippen LogP contribution in [0.5, 0.6) is 0 Å². The second-order valence-electron chi connectivity index (χ2n) is 8.45. The highest BCUT2D eigenvalue weighted by Crippen LogP contribution is 2.24. The number of likely N-dealkylation sites (tertiary alicyclic amines) is 2. The van der Waals surface area contributed by atoms with Crippen LogP contribution < -0.4 is 5.32 Å². The third-order valence-corrected chi connectivity index (χ3v) is 5.91. The molecule has 27 heavy (non-hydrogen) atoms. The van der Waals surface area contributed by atoms with Crippen LogP contribution in [0, 0.1) is 5.92 Å². The fourth-order valence-electron chi connectivity index (χ4n) is 4.36. The molecular weight excluding hydrogens is 340 g/mol. The van der Waals surface area contributed by atoms with Crippen LogP contribution in [0.15, 0.2) is 18.5 Å². The van der Waals surface area contributed by atoms with Crippen LogP contribution in [0.4, 0.5) is 0 Å². The van der Waals surface area contributed by atoms with Gasteiger partial charge >= 0.3 is 0 Å². The van der Waals surface area contributed by atoms with E-state index in [0.29, 0.717) is 12.5 Å². The number of amides is 2. The van der Waals surface area contributed by atoms with Gasteiger partial charge in [0.05, 0.1) is 6.42 Å². The lowest BCUT2D eigenvalue weighted by Gasteiger charge is -2.41. The van der Waals surface area contributed by atoms with Gasteiger partial charge in [-0.15, -0.1) is 0 Å². The number of aryl methyl sites for hydroxylation is 1. The van der Waals surface area contributed by atoms with Gasteiger partial charge in [-0.3, -0.25) is 9.59 Å². The van der Waals surface area contributed by atoms with Gasteiger partial charge in [-0.1, -0.05) is 0 Å². The minimum atomic E-state index is 0.163. The number of aromatic nitrogens is 1. The second-order valence-corrected chi connectivity index (χ2v) is 8.45. The molecule has 0 spiro atoms. The Hall–Kier alpha value is -1.82. The predicted octanol–water partition coefficient (Wildman–Crippen LogP) is 1.80. The van der Waals surface area contributed by atoms with Gasteiger partial charge in [-0.25, -0.2) is 0 Å². The molecule has 2 aliphatic heterocycles. The molecule has 0 aliphatic carbocycles. The monoisotopic (exact) mass is 374 g/mol. The molecule has 0 atom stereocenters. The molecule has 150 valence electrons. The molecule has 0 saturated carbocycles. The third-order valence-electron chi connectivity index (χ3n) is 5.91. The Bertz CT molecular complexity index is 638. The van der Waals surface area contributed by atoms with Gasteiger partial charge in [-0.05, 0) is 64.3 Å². The van der Waals surface area contributed by atoms with E-state index in [9.17, 15) is 9.59 Å². The Morgan fingerprint density at radius 2 is 1.78 bits per heavy atom. The van der Waals surface area contributed by atoms with E-state index in [1.54, 1.807) is 0 Å². The minimum Gasteiger partial charge on any atom is -0.357 e. The molecular formula is C21H34N4O2. The molecule has 6 heteroatoms. The average molecular weight is 375 g/mol. The van der Waals surface area contributed by atoms with E-state index in [1.165, 1.54) is 0 Å². The molecule has 6 nitrogen and oxygen atoms in total. The maximum Gasteiger partial charge on any atom is 0.227 e. The van der Waals surface area contributed by atoms with Crippen LogP contribution in [-0.4, -0.2) is 64.4 Å². The van der Waals surface area contributed by atoms with Crippen molar-refractivity contribution < 1.29 is 9.59 Å². The molecule has 2 amide bonds. The zero-order valence-corrected chi connectivity index (χ0v) is 17.0. The standard InChI is InChI=1S/C21H34N4O2/c1-16(2)22-21(27)18-5-10-24(11-6-18)19-7-12-25(13-8-19)20(26)14-17-4-9-23(3)15-17/h4,9,15-16,18-19H,5-8,10-14H2,1-3H3,(H,22,27). The van der Waals surface area contributed by atoms with E-state index in [0.717, 1.165) is 57.4 Å². The number of hydrogen-bond acceptors (Lipinski definition) is 3. The van der Waals surface area contributed by atoms with E-state index in [-0.39, 0.29) is 23.8 Å². The second kappa shape index (κ2) is 8.91. The van der Waals surface area contributed by atoms with Crippen LogP contribution in [0.3, 0.4) is 0 Å². The Balaban J connectivity index is 1.41. The lowest BCUT2D eigenvalue weighted by atomic mass is 9.92. The van der Waals surface area contributed by atoms with E-state index in [1.807, 2.05) is 48.8 Å². The van der Waals surface area contributed by atoms with Crippen molar-refractivity contribution in [3.05, 3.63) is 24.0 Å². The fourth-order valence-corrected chi connectivity index (χ4v) is 4.36. The van der Waals surface area contributed by atoms with Crippen molar-refractivity contribution in [2.75, 3.05) is 26.2 Å². The number of rotatable bonds is 5. The molecule has 2 fully saturated rings. The average Bonchev–Trinajstić information content (AvgIpc) is 3.06. The number of carbonyl (C=O) groups is 2. The molecule has 1 aromatic rings. The lowest BCUT2D eigenvalue weighted by Crippen LogP contribution is -2.50. The van der Waals surface area contributed by atoms with Crippen LogP contribution in [0.2, 0.25) is 0 Å². The predicted molar refractivity (Wildman–Crippen MR) is 106 cm³/mol. The van der Waals surface area contributed by atoms with Gasteiger partial charge in [0.1, 0.15) is 0 Å². The van der Waals surface area contributed by atoms with Crippen molar-refractivity contribution in [2.45, 2.75) is 58.0 Å². The topological polar surface area (TPSA) is 57.6 Å². The van der Waals surface area contributed by atoms with Gasteiger partial charge < -0.3 is 19.7 Å². The molecule has 2 aliphatic rings. The molecule has 1 N–H and O–H groups in total. The summed E-state index contributed by atoms with van der Waals surface area (Å²) in [5, 5.41) is 3.04. The number of hydrogen-bond donors (Lipinski definition) is 1. The van der Waals surface area contributed by atoms with E-state index >= 15 is 0 Å². The highest BCUT2D eigenvalue weighted by molar-refractivity contribution is 5.79. The number of nitrogens with one attached hydrogen (secondary N) is 1. The first-order valence-corrected chi connectivity index (χ1v) is 10.4. The van der Waals surface area contributed by atoms with E-state index in [4.69, 9.17) is 0 Å². The van der Waals surface area contributed by atoms with Crippen molar-refractivity contribution in [3.8, 4) is 0 Å². The largest absolute Gasteiger partial charge is 0.357 e. The van der Waals surface area contributed by atoms with Gasteiger partial charge in [0.2, 0.25) is 11.8 Å². The van der Waals surface area contributed by atoms with Crippen molar-refractivity contribution in [1.82, 2.24) is 19.7 Å². The SMILES string of the molecule is CC(C)NC(=O)C1CCN(C2CCN(C(=O)Cc3ccn(C)c3)CC2)CC1. The van der Waals surface area contributed by atoms with Gasteiger partial charge in [0.15, 0.2) is 0 Å². The highest BCUT2D eigenvalue weighted by Gasteiger charge is 2.31. The van der Waals surface area contributed by atoms with Crippen molar-refractivity contribution in [3.63, 3.8) is 0 Å². The van der Waals surface area contributed by atoms with Crippen LogP contribution in [0.25, 0.3) is 0 Å². The van der Waals surface area contributed by atoms with E-state index in [2.05, 4.69) is 10.2 Å². The summed E-state index contributed by atoms with van der Waals surface area (Å²) in [6.07, 6.45) is 8.50. The highest BCUT2D eigenvalue weighted by atomic mass is 16.2. The molecule has 2 saturated heterocycles. The summed E-state index contributed by atoms with van der Waals surface area (Å²) in [5.41, 5.74) is 1.09. The molecule has 3 heterocycles. The Morgan fingerprint density at radius 3 is 2.33 bits per heavy atom. The Kier molecular flexibility index (Phi) is 6.58. The Labute approximate surface area is 162 Å². The molecule has 0 bridgehead atoms. The van der Waals surface area contributed by atoms with Crippen molar-refractivity contribution >= 4 is 11.8 Å². The minimum absolute atomic E-state index is 0.163. The molecule has 3 rings (SSSR count). The first-order chi connectivity index (χ1) is 12.9. The lowest BCUT2D eigenvalue weighted by molar-refractivity contribution is -0.132. The van der Waals surface area contributed by atoms with Gasteiger partial charge in [-0.2, -0.15) is 0 Å². The normalized spacial score (nSPS) is 20.2. The quantitative estimate of drug-likeness (QED) is 0.855. The zero-order valence-electron chi connectivity index (χ0n) is 17.0. The maximum absolute atomic E-state index is 12.5. The summed E-state index contributed by atoms with van der Waals surface area (Å²) < 4.78 is 1.99.